The van der Waals surface area contributed by atoms with Gasteiger partial charge >= 0.3 is 0 Å². The molecule has 0 aliphatic carbocycles. The summed E-state index contributed by atoms with van der Waals surface area (Å²) in [7, 11) is 1.88. The monoisotopic (exact) mass is 291 g/mol. The van der Waals surface area contributed by atoms with Crippen LogP contribution in [0.2, 0.25) is 0 Å². The van der Waals surface area contributed by atoms with Gasteiger partial charge in [0.25, 0.3) is 5.91 Å². The van der Waals surface area contributed by atoms with Crippen LogP contribution in [0.25, 0.3) is 0 Å². The lowest BCUT2D eigenvalue weighted by Crippen LogP contribution is -2.44. The van der Waals surface area contributed by atoms with Crippen molar-refractivity contribution in [3.05, 3.63) is 40.1 Å². The van der Waals surface area contributed by atoms with E-state index in [2.05, 4.69) is 4.98 Å². The van der Waals surface area contributed by atoms with Gasteiger partial charge < -0.3 is 14.2 Å². The van der Waals surface area contributed by atoms with E-state index < -0.39 is 0 Å². The number of carbonyl (C=O) groups excluding carboxylic acids is 1. The van der Waals surface area contributed by atoms with Crippen molar-refractivity contribution in [2.75, 3.05) is 19.8 Å². The van der Waals surface area contributed by atoms with E-state index in [1.165, 1.54) is 0 Å². The first kappa shape index (κ1) is 13.3. The maximum atomic E-state index is 12.7. The molecular weight excluding hydrogens is 274 g/mol. The fraction of sp³-hybridized carbons (Fsp3) is 0.429. The average molecular weight is 291 g/mol. The molecule has 0 bridgehead atoms. The first-order valence-electron chi connectivity index (χ1n) is 6.59. The average Bonchev–Trinajstić information content (AvgIpc) is 3.07. The highest BCUT2D eigenvalue weighted by atomic mass is 32.1. The fourth-order valence-electron chi connectivity index (χ4n) is 2.46. The molecule has 2 aromatic rings. The molecule has 1 saturated heterocycles. The van der Waals surface area contributed by atoms with Gasteiger partial charge in [-0.05, 0) is 19.1 Å². The highest BCUT2D eigenvalue weighted by Gasteiger charge is 2.31. The molecule has 1 fully saturated rings. The zero-order chi connectivity index (χ0) is 14.1. The Bertz CT molecular complexity index is 619. The summed E-state index contributed by atoms with van der Waals surface area (Å²) in [5, 5.41) is 3.02. The molecule has 0 radical (unpaired) electrons. The number of ether oxygens (including phenoxy) is 1. The molecule has 0 N–H and O–H groups in total. The number of morpholine rings is 1. The second kappa shape index (κ2) is 5.38. The Labute approximate surface area is 121 Å². The van der Waals surface area contributed by atoms with E-state index in [1.807, 2.05) is 47.1 Å². The first-order chi connectivity index (χ1) is 9.66. The number of carbonyl (C=O) groups is 1. The van der Waals surface area contributed by atoms with Crippen molar-refractivity contribution in [2.45, 2.75) is 13.0 Å². The van der Waals surface area contributed by atoms with E-state index >= 15 is 0 Å². The molecule has 6 heteroatoms. The Morgan fingerprint density at radius 2 is 2.40 bits per heavy atom. The summed E-state index contributed by atoms with van der Waals surface area (Å²) >= 11 is 1.60. The van der Waals surface area contributed by atoms with Gasteiger partial charge in [-0.15, -0.1) is 11.3 Å². The number of rotatable bonds is 2. The summed E-state index contributed by atoms with van der Waals surface area (Å²) in [5.74, 6) is 0.0384. The lowest BCUT2D eigenvalue weighted by molar-refractivity contribution is -0.00425. The van der Waals surface area contributed by atoms with Crippen LogP contribution in [0.1, 0.15) is 27.2 Å². The molecule has 0 unspecified atom stereocenters. The highest BCUT2D eigenvalue weighted by molar-refractivity contribution is 7.09. The van der Waals surface area contributed by atoms with E-state index in [9.17, 15) is 4.79 Å². The van der Waals surface area contributed by atoms with Crippen molar-refractivity contribution in [3.63, 3.8) is 0 Å². The van der Waals surface area contributed by atoms with Gasteiger partial charge in [-0.1, -0.05) is 0 Å². The third kappa shape index (κ3) is 2.36. The lowest BCUT2D eigenvalue weighted by atomic mass is 10.1. The first-order valence-corrected chi connectivity index (χ1v) is 7.47. The Hall–Kier alpha value is -1.66. The van der Waals surface area contributed by atoms with Crippen molar-refractivity contribution in [3.8, 4) is 0 Å². The maximum Gasteiger partial charge on any atom is 0.271 e. The smallest absolute Gasteiger partial charge is 0.271 e. The third-order valence-electron chi connectivity index (χ3n) is 3.53. The van der Waals surface area contributed by atoms with Crippen molar-refractivity contribution in [1.29, 1.82) is 0 Å². The number of hydrogen-bond acceptors (Lipinski definition) is 4. The normalized spacial score (nSPS) is 19.3. The highest BCUT2D eigenvalue weighted by Crippen LogP contribution is 2.27. The lowest BCUT2D eigenvalue weighted by Gasteiger charge is -2.34. The topological polar surface area (TPSA) is 47.4 Å². The number of aromatic nitrogens is 2. The fourth-order valence-corrected chi connectivity index (χ4v) is 3.11. The SMILES string of the molecule is Cc1nc([C@@H]2COCCN2C(=O)c2cccn2C)cs1. The quantitative estimate of drug-likeness (QED) is 0.850. The minimum Gasteiger partial charge on any atom is -0.377 e. The zero-order valence-corrected chi connectivity index (χ0v) is 12.4. The standard InChI is InChI=1S/C14H17N3O2S/c1-10-15-11(9-20-10)13-8-19-7-6-17(13)14(18)12-4-3-5-16(12)2/h3-5,9,13H,6-8H2,1-2H3/t13-/m0/s1. The Morgan fingerprint density at radius 3 is 3.05 bits per heavy atom. The molecule has 1 atom stereocenters. The van der Waals surface area contributed by atoms with Gasteiger partial charge in [0.2, 0.25) is 0 Å². The van der Waals surface area contributed by atoms with Crippen LogP contribution in [-0.4, -0.2) is 40.1 Å². The molecule has 0 saturated carbocycles. The van der Waals surface area contributed by atoms with Crippen LogP contribution in [0.5, 0.6) is 0 Å². The predicted octanol–water partition coefficient (Wildman–Crippen LogP) is 2.00. The second-order valence-corrected chi connectivity index (χ2v) is 5.95. The number of aryl methyl sites for hydroxylation is 2. The van der Waals surface area contributed by atoms with E-state index in [0.717, 1.165) is 10.7 Å². The van der Waals surface area contributed by atoms with Gasteiger partial charge in [0.15, 0.2) is 0 Å². The van der Waals surface area contributed by atoms with Crippen molar-refractivity contribution < 1.29 is 9.53 Å². The number of thiazole rings is 1. The van der Waals surface area contributed by atoms with Crippen LogP contribution in [0.3, 0.4) is 0 Å². The molecule has 20 heavy (non-hydrogen) atoms. The summed E-state index contributed by atoms with van der Waals surface area (Å²) in [6, 6.07) is 3.65. The summed E-state index contributed by atoms with van der Waals surface area (Å²) < 4.78 is 7.39. The van der Waals surface area contributed by atoms with Gasteiger partial charge in [-0.3, -0.25) is 4.79 Å². The Morgan fingerprint density at radius 1 is 1.55 bits per heavy atom. The predicted molar refractivity (Wildman–Crippen MR) is 76.9 cm³/mol. The number of amides is 1. The minimum absolute atomic E-state index is 0.0384. The summed E-state index contributed by atoms with van der Waals surface area (Å²) in [5.41, 5.74) is 1.62. The molecular formula is C14H17N3O2S. The minimum atomic E-state index is -0.0869. The van der Waals surface area contributed by atoms with Crippen LogP contribution in [-0.2, 0) is 11.8 Å². The summed E-state index contributed by atoms with van der Waals surface area (Å²) in [4.78, 5) is 19.1. The van der Waals surface area contributed by atoms with Gasteiger partial charge in [0.1, 0.15) is 5.69 Å². The molecule has 1 amide bonds. The Balaban J connectivity index is 1.89. The number of nitrogens with zero attached hydrogens (tertiary/aromatic N) is 3. The molecule has 5 nitrogen and oxygen atoms in total. The van der Waals surface area contributed by atoms with Crippen LogP contribution < -0.4 is 0 Å². The summed E-state index contributed by atoms with van der Waals surface area (Å²) in [6.07, 6.45) is 1.88. The van der Waals surface area contributed by atoms with Gasteiger partial charge in [-0.25, -0.2) is 4.98 Å². The second-order valence-electron chi connectivity index (χ2n) is 4.88. The summed E-state index contributed by atoms with van der Waals surface area (Å²) in [6.45, 7) is 3.67. The van der Waals surface area contributed by atoms with Crippen LogP contribution in [0.4, 0.5) is 0 Å². The van der Waals surface area contributed by atoms with E-state index in [1.54, 1.807) is 11.3 Å². The van der Waals surface area contributed by atoms with Crippen molar-refractivity contribution in [2.24, 2.45) is 7.05 Å². The largest absolute Gasteiger partial charge is 0.377 e. The molecule has 1 aliphatic heterocycles. The molecule has 1 aliphatic rings. The molecule has 106 valence electrons. The van der Waals surface area contributed by atoms with Gasteiger partial charge in [0.05, 0.1) is 30.0 Å². The molecule has 2 aromatic heterocycles. The molecule has 0 spiro atoms. The van der Waals surface area contributed by atoms with E-state index in [4.69, 9.17) is 4.74 Å². The van der Waals surface area contributed by atoms with Crippen LogP contribution in [0, 0.1) is 6.92 Å². The third-order valence-corrected chi connectivity index (χ3v) is 4.32. The Kier molecular flexibility index (Phi) is 3.58. The molecule has 0 aromatic carbocycles. The number of hydrogen-bond donors (Lipinski definition) is 0. The zero-order valence-electron chi connectivity index (χ0n) is 11.6. The maximum absolute atomic E-state index is 12.7. The van der Waals surface area contributed by atoms with Gasteiger partial charge in [0, 0.05) is 25.2 Å². The van der Waals surface area contributed by atoms with Gasteiger partial charge in [-0.2, -0.15) is 0 Å². The van der Waals surface area contributed by atoms with Crippen molar-refractivity contribution in [1.82, 2.24) is 14.5 Å². The molecule has 3 rings (SSSR count). The molecule has 3 heterocycles. The van der Waals surface area contributed by atoms with Crippen LogP contribution in [0.15, 0.2) is 23.7 Å². The van der Waals surface area contributed by atoms with E-state index in [0.29, 0.717) is 25.5 Å². The van der Waals surface area contributed by atoms with Crippen molar-refractivity contribution >= 4 is 17.2 Å². The van der Waals surface area contributed by atoms with E-state index in [-0.39, 0.29) is 11.9 Å². The van der Waals surface area contributed by atoms with Crippen LogP contribution >= 0.6 is 11.3 Å².